The van der Waals surface area contributed by atoms with E-state index in [1.165, 1.54) is 19.1 Å². The summed E-state index contributed by atoms with van der Waals surface area (Å²) in [5, 5.41) is 12.4. The summed E-state index contributed by atoms with van der Waals surface area (Å²) in [6.07, 6.45) is -0.982. The van der Waals surface area contributed by atoms with Crippen LogP contribution in [0.5, 0.6) is 0 Å². The highest BCUT2D eigenvalue weighted by atomic mass is 35.5. The Kier molecular flexibility index (Phi) is 3.47. The molecule has 1 fully saturated rings. The number of urea groups is 1. The predicted octanol–water partition coefficient (Wildman–Crippen LogP) is 1.80. The smallest absolute Gasteiger partial charge is 0.329 e. The summed E-state index contributed by atoms with van der Waals surface area (Å²) in [7, 11) is 0. The maximum atomic E-state index is 12.0. The van der Waals surface area contributed by atoms with Gasteiger partial charge in [-0.1, -0.05) is 23.2 Å². The second-order valence-electron chi connectivity index (χ2n) is 3.94. The van der Waals surface area contributed by atoms with Crippen molar-refractivity contribution in [3.63, 3.8) is 0 Å². The van der Waals surface area contributed by atoms with Gasteiger partial charge in [0.1, 0.15) is 6.04 Å². The summed E-state index contributed by atoms with van der Waals surface area (Å²) in [5.74, 6) is -0.556. The SMILES string of the molecule is C[C@H](O)[C@H]1NC(=O)N(c2cc(Cl)ccc2Cl)C1=O. The average Bonchev–Trinajstić information content (AvgIpc) is 2.58. The zero-order valence-electron chi connectivity index (χ0n) is 9.35. The van der Waals surface area contributed by atoms with E-state index in [0.717, 1.165) is 4.90 Å². The fourth-order valence-electron chi connectivity index (χ4n) is 1.71. The molecule has 7 heteroatoms. The molecule has 1 aliphatic heterocycles. The van der Waals surface area contributed by atoms with Gasteiger partial charge in [-0.3, -0.25) is 4.79 Å². The van der Waals surface area contributed by atoms with Gasteiger partial charge in [0.25, 0.3) is 5.91 Å². The van der Waals surface area contributed by atoms with Crippen molar-refractivity contribution >= 4 is 40.8 Å². The van der Waals surface area contributed by atoms with Gasteiger partial charge in [-0.05, 0) is 25.1 Å². The highest BCUT2D eigenvalue weighted by Gasteiger charge is 2.42. The number of halogens is 2. The van der Waals surface area contributed by atoms with Crippen LogP contribution in [0.4, 0.5) is 10.5 Å². The summed E-state index contributed by atoms with van der Waals surface area (Å²) >= 11 is 11.8. The van der Waals surface area contributed by atoms with E-state index in [-0.39, 0.29) is 10.7 Å². The van der Waals surface area contributed by atoms with Crippen molar-refractivity contribution in [1.82, 2.24) is 5.32 Å². The lowest BCUT2D eigenvalue weighted by Gasteiger charge is -2.15. The second kappa shape index (κ2) is 4.76. The third-order valence-corrected chi connectivity index (χ3v) is 3.15. The van der Waals surface area contributed by atoms with Gasteiger partial charge in [0.15, 0.2) is 0 Å². The minimum Gasteiger partial charge on any atom is -0.391 e. The molecule has 2 atom stereocenters. The highest BCUT2D eigenvalue weighted by molar-refractivity contribution is 6.37. The molecule has 18 heavy (non-hydrogen) atoms. The molecule has 0 radical (unpaired) electrons. The number of carbonyl (C=O) groups is 2. The van der Waals surface area contributed by atoms with Crippen molar-refractivity contribution in [3.8, 4) is 0 Å². The third kappa shape index (κ3) is 2.16. The first-order chi connectivity index (χ1) is 8.41. The number of hydrogen-bond acceptors (Lipinski definition) is 3. The van der Waals surface area contributed by atoms with Crippen LogP contribution in [0.2, 0.25) is 10.0 Å². The fraction of sp³-hybridized carbons (Fsp3) is 0.273. The van der Waals surface area contributed by atoms with E-state index < -0.39 is 24.1 Å². The van der Waals surface area contributed by atoms with Gasteiger partial charge in [-0.25, -0.2) is 9.69 Å². The van der Waals surface area contributed by atoms with Crippen molar-refractivity contribution < 1.29 is 14.7 Å². The Bertz CT molecular complexity index is 519. The van der Waals surface area contributed by atoms with E-state index >= 15 is 0 Å². The predicted molar refractivity (Wildman–Crippen MR) is 67.9 cm³/mol. The van der Waals surface area contributed by atoms with Gasteiger partial charge in [0, 0.05) is 5.02 Å². The summed E-state index contributed by atoms with van der Waals surface area (Å²) in [4.78, 5) is 24.6. The maximum absolute atomic E-state index is 12.0. The first-order valence-corrected chi connectivity index (χ1v) is 5.95. The second-order valence-corrected chi connectivity index (χ2v) is 4.78. The number of rotatable bonds is 2. The van der Waals surface area contributed by atoms with Crippen LogP contribution >= 0.6 is 23.2 Å². The quantitative estimate of drug-likeness (QED) is 0.816. The lowest BCUT2D eigenvalue weighted by Crippen LogP contribution is -2.39. The number of amides is 3. The molecule has 0 unspecified atom stereocenters. The number of aliphatic hydroxyl groups excluding tert-OH is 1. The highest BCUT2D eigenvalue weighted by Crippen LogP contribution is 2.31. The molecule has 1 heterocycles. The van der Waals surface area contributed by atoms with Crippen molar-refractivity contribution in [2.24, 2.45) is 0 Å². The van der Waals surface area contributed by atoms with Crippen LogP contribution in [0.15, 0.2) is 18.2 Å². The zero-order valence-corrected chi connectivity index (χ0v) is 10.9. The van der Waals surface area contributed by atoms with Crippen LogP contribution in [-0.4, -0.2) is 29.2 Å². The van der Waals surface area contributed by atoms with E-state index in [4.69, 9.17) is 23.2 Å². The number of hydrogen-bond donors (Lipinski definition) is 2. The molecule has 3 amide bonds. The summed E-state index contributed by atoms with van der Waals surface area (Å²) in [6.45, 7) is 1.42. The Balaban J connectivity index is 2.42. The molecule has 1 aliphatic rings. The number of carbonyl (C=O) groups excluding carboxylic acids is 2. The van der Waals surface area contributed by atoms with Gasteiger partial charge in [0.2, 0.25) is 0 Å². The fourth-order valence-corrected chi connectivity index (χ4v) is 2.08. The van der Waals surface area contributed by atoms with Crippen LogP contribution in [0, 0.1) is 0 Å². The number of nitrogens with zero attached hydrogens (tertiary/aromatic N) is 1. The van der Waals surface area contributed by atoms with E-state index in [2.05, 4.69) is 5.32 Å². The van der Waals surface area contributed by atoms with Crippen LogP contribution in [0.3, 0.4) is 0 Å². The van der Waals surface area contributed by atoms with E-state index in [0.29, 0.717) is 5.02 Å². The van der Waals surface area contributed by atoms with Crippen LogP contribution in [-0.2, 0) is 4.79 Å². The normalized spacial score (nSPS) is 21.1. The zero-order chi connectivity index (χ0) is 13.4. The molecule has 0 saturated carbocycles. The molecule has 5 nitrogen and oxygen atoms in total. The number of aliphatic hydroxyl groups is 1. The lowest BCUT2D eigenvalue weighted by atomic mass is 10.2. The monoisotopic (exact) mass is 288 g/mol. The van der Waals surface area contributed by atoms with Gasteiger partial charge in [-0.15, -0.1) is 0 Å². The minimum atomic E-state index is -0.982. The molecular weight excluding hydrogens is 279 g/mol. The standard InChI is InChI=1S/C11H10Cl2N2O3/c1-5(16)9-10(17)15(11(18)14-9)8-4-6(12)2-3-7(8)13/h2-5,9,16H,1H3,(H,14,18)/t5-,9+/m0/s1. The first kappa shape index (κ1) is 13.1. The van der Waals surface area contributed by atoms with Crippen molar-refractivity contribution in [3.05, 3.63) is 28.2 Å². The van der Waals surface area contributed by atoms with Crippen molar-refractivity contribution in [2.75, 3.05) is 4.90 Å². The Morgan fingerprint density at radius 2 is 2.06 bits per heavy atom. The van der Waals surface area contributed by atoms with Gasteiger partial charge in [0.05, 0.1) is 16.8 Å². The lowest BCUT2D eigenvalue weighted by molar-refractivity contribution is -0.120. The minimum absolute atomic E-state index is 0.204. The molecule has 96 valence electrons. The number of nitrogens with one attached hydrogen (secondary N) is 1. The van der Waals surface area contributed by atoms with Crippen LogP contribution in [0.25, 0.3) is 0 Å². The molecule has 0 spiro atoms. The van der Waals surface area contributed by atoms with Crippen molar-refractivity contribution in [1.29, 1.82) is 0 Å². The topological polar surface area (TPSA) is 69.6 Å². The molecular formula is C11H10Cl2N2O3. The Labute approximate surface area is 113 Å². The maximum Gasteiger partial charge on any atom is 0.329 e. The summed E-state index contributed by atoms with van der Waals surface area (Å²) in [5.41, 5.74) is 0.204. The molecule has 0 aromatic heterocycles. The van der Waals surface area contributed by atoms with E-state index in [9.17, 15) is 14.7 Å². The summed E-state index contributed by atoms with van der Waals surface area (Å²) in [6, 6.07) is 2.88. The van der Waals surface area contributed by atoms with Crippen LogP contribution in [0.1, 0.15) is 6.92 Å². The first-order valence-electron chi connectivity index (χ1n) is 5.19. The van der Waals surface area contributed by atoms with Gasteiger partial charge < -0.3 is 10.4 Å². The molecule has 1 aromatic rings. The Morgan fingerprint density at radius 1 is 1.39 bits per heavy atom. The average molecular weight is 289 g/mol. The number of benzene rings is 1. The summed E-state index contributed by atoms with van der Waals surface area (Å²) < 4.78 is 0. The Morgan fingerprint density at radius 3 is 2.61 bits per heavy atom. The number of anilines is 1. The molecule has 1 aromatic carbocycles. The molecule has 2 rings (SSSR count). The van der Waals surface area contributed by atoms with Crippen molar-refractivity contribution in [2.45, 2.75) is 19.1 Å². The largest absolute Gasteiger partial charge is 0.391 e. The van der Waals surface area contributed by atoms with Crippen LogP contribution < -0.4 is 10.2 Å². The van der Waals surface area contributed by atoms with Gasteiger partial charge >= 0.3 is 6.03 Å². The molecule has 1 saturated heterocycles. The van der Waals surface area contributed by atoms with E-state index in [1.54, 1.807) is 6.07 Å². The molecule has 2 N–H and O–H groups in total. The van der Waals surface area contributed by atoms with Gasteiger partial charge in [-0.2, -0.15) is 0 Å². The molecule has 0 aliphatic carbocycles. The third-order valence-electron chi connectivity index (χ3n) is 2.60. The van der Waals surface area contributed by atoms with E-state index in [1.807, 2.05) is 0 Å². The Hall–Kier alpha value is -1.30. The molecule has 0 bridgehead atoms. The number of imide groups is 1.